The number of furan rings is 1. The zero-order chi connectivity index (χ0) is 19.2. The van der Waals surface area contributed by atoms with E-state index in [2.05, 4.69) is 17.4 Å². The van der Waals surface area contributed by atoms with Crippen molar-refractivity contribution in [3.8, 4) is 0 Å². The van der Waals surface area contributed by atoms with Crippen molar-refractivity contribution in [2.45, 2.75) is 38.8 Å². The quantitative estimate of drug-likeness (QED) is 0.640. The van der Waals surface area contributed by atoms with E-state index in [0.29, 0.717) is 5.58 Å². The fraction of sp³-hybridized carbons (Fsp3) is 0.273. The molecule has 0 fully saturated rings. The van der Waals surface area contributed by atoms with Crippen LogP contribution < -0.4 is 5.32 Å². The van der Waals surface area contributed by atoms with Crippen molar-refractivity contribution < 1.29 is 18.7 Å². The lowest BCUT2D eigenvalue weighted by molar-refractivity contribution is -0.129. The van der Waals surface area contributed by atoms with Gasteiger partial charge >= 0.3 is 5.97 Å². The Hall–Kier alpha value is -3.08. The molecule has 0 spiro atoms. The highest BCUT2D eigenvalue weighted by molar-refractivity contribution is 5.94. The summed E-state index contributed by atoms with van der Waals surface area (Å²) in [5, 5.41) is 3.70. The van der Waals surface area contributed by atoms with Gasteiger partial charge in [-0.2, -0.15) is 0 Å². The second-order valence-electron chi connectivity index (χ2n) is 6.63. The molecule has 0 aliphatic rings. The number of ether oxygens (including phenoxy) is 1. The monoisotopic (exact) mass is 365 g/mol. The minimum atomic E-state index is -0.898. The lowest BCUT2D eigenvalue weighted by Crippen LogP contribution is -2.41. The summed E-state index contributed by atoms with van der Waals surface area (Å²) in [5.74, 6) is -0.876. The fourth-order valence-electron chi connectivity index (χ4n) is 2.81. The molecule has 1 N–H and O–H groups in total. The Morgan fingerprint density at radius 2 is 1.74 bits per heavy atom. The Labute approximate surface area is 158 Å². The number of rotatable bonds is 7. The van der Waals surface area contributed by atoms with Crippen molar-refractivity contribution in [1.82, 2.24) is 5.32 Å². The van der Waals surface area contributed by atoms with Gasteiger partial charge in [-0.15, -0.1) is 0 Å². The molecule has 0 aliphatic carbocycles. The predicted octanol–water partition coefficient (Wildman–Crippen LogP) is 4.12. The first-order valence-corrected chi connectivity index (χ1v) is 9.07. The molecule has 2 aromatic carbocycles. The molecule has 1 aromatic heterocycles. The van der Waals surface area contributed by atoms with Gasteiger partial charge in [0.15, 0.2) is 6.10 Å². The molecule has 1 heterocycles. The Morgan fingerprint density at radius 1 is 1.04 bits per heavy atom. The van der Waals surface area contributed by atoms with Crippen LogP contribution in [-0.4, -0.2) is 24.0 Å². The largest absolute Gasteiger partial charge is 0.449 e. The Bertz CT molecular complexity index is 883. The van der Waals surface area contributed by atoms with Crippen LogP contribution in [0.25, 0.3) is 11.0 Å². The van der Waals surface area contributed by atoms with Crippen LogP contribution in [0.1, 0.15) is 36.4 Å². The molecule has 5 heteroatoms. The van der Waals surface area contributed by atoms with Crippen molar-refractivity contribution in [2.24, 2.45) is 0 Å². The smallest absolute Gasteiger partial charge is 0.375 e. The molecule has 0 radical (unpaired) electrons. The van der Waals surface area contributed by atoms with Crippen LogP contribution in [0.3, 0.4) is 0 Å². The van der Waals surface area contributed by atoms with Crippen LogP contribution in [0, 0.1) is 0 Å². The first-order valence-electron chi connectivity index (χ1n) is 9.07. The maximum Gasteiger partial charge on any atom is 0.375 e. The first kappa shape index (κ1) is 18.7. The third kappa shape index (κ3) is 4.97. The first-order chi connectivity index (χ1) is 13.0. The van der Waals surface area contributed by atoms with Crippen LogP contribution in [0.5, 0.6) is 0 Å². The summed E-state index contributed by atoms with van der Waals surface area (Å²) < 4.78 is 10.7. The van der Waals surface area contributed by atoms with Crippen LogP contribution in [0.2, 0.25) is 0 Å². The SMILES string of the molecule is C[C@H](CCc1ccccc1)NC(=O)[C@@H](C)OC(=O)c1cc2ccccc2o1. The average Bonchev–Trinajstić information content (AvgIpc) is 3.11. The van der Waals surface area contributed by atoms with Crippen molar-refractivity contribution in [2.75, 3.05) is 0 Å². The predicted molar refractivity (Wildman–Crippen MR) is 103 cm³/mol. The topological polar surface area (TPSA) is 68.5 Å². The molecule has 5 nitrogen and oxygen atoms in total. The molecule has 1 amide bonds. The maximum absolute atomic E-state index is 12.3. The van der Waals surface area contributed by atoms with Gasteiger partial charge in [-0.05, 0) is 44.4 Å². The number of benzene rings is 2. The fourth-order valence-corrected chi connectivity index (χ4v) is 2.81. The van der Waals surface area contributed by atoms with Gasteiger partial charge in [0.2, 0.25) is 5.76 Å². The number of aryl methyl sites for hydroxylation is 1. The van der Waals surface area contributed by atoms with Crippen LogP contribution in [0.4, 0.5) is 0 Å². The van der Waals surface area contributed by atoms with Crippen LogP contribution in [0.15, 0.2) is 65.1 Å². The maximum atomic E-state index is 12.3. The summed E-state index contributed by atoms with van der Waals surface area (Å²) in [4.78, 5) is 24.5. The van der Waals surface area contributed by atoms with Gasteiger partial charge in [-0.3, -0.25) is 4.79 Å². The molecule has 0 unspecified atom stereocenters. The highest BCUT2D eigenvalue weighted by atomic mass is 16.6. The Morgan fingerprint density at radius 3 is 2.48 bits per heavy atom. The highest BCUT2D eigenvalue weighted by Gasteiger charge is 2.22. The lowest BCUT2D eigenvalue weighted by atomic mass is 10.1. The van der Waals surface area contributed by atoms with Crippen molar-refractivity contribution >= 4 is 22.8 Å². The number of nitrogens with one attached hydrogen (secondary N) is 1. The van der Waals surface area contributed by atoms with E-state index >= 15 is 0 Å². The van der Waals surface area contributed by atoms with Crippen molar-refractivity contribution in [3.05, 3.63) is 72.0 Å². The minimum Gasteiger partial charge on any atom is -0.449 e. The summed E-state index contributed by atoms with van der Waals surface area (Å²) in [7, 11) is 0. The highest BCUT2D eigenvalue weighted by Crippen LogP contribution is 2.19. The summed E-state index contributed by atoms with van der Waals surface area (Å²) in [6.07, 6.45) is 0.778. The summed E-state index contributed by atoms with van der Waals surface area (Å²) in [5.41, 5.74) is 1.83. The van der Waals surface area contributed by atoms with E-state index in [1.165, 1.54) is 5.56 Å². The standard InChI is InChI=1S/C22H23NO4/c1-15(12-13-17-8-4-3-5-9-17)23-21(24)16(2)26-22(25)20-14-18-10-6-7-11-19(18)27-20/h3-11,14-16H,12-13H2,1-2H3,(H,23,24)/t15-,16-/m1/s1. The van der Waals surface area contributed by atoms with E-state index < -0.39 is 12.1 Å². The molecule has 2 atom stereocenters. The Balaban J connectivity index is 1.49. The number of carbonyl (C=O) groups excluding carboxylic acids is 2. The number of para-hydroxylation sites is 1. The van der Waals surface area contributed by atoms with Crippen LogP contribution >= 0.6 is 0 Å². The van der Waals surface area contributed by atoms with E-state index in [-0.39, 0.29) is 17.7 Å². The van der Waals surface area contributed by atoms with E-state index in [9.17, 15) is 9.59 Å². The molecular formula is C22H23NO4. The third-order valence-corrected chi connectivity index (χ3v) is 4.38. The van der Waals surface area contributed by atoms with E-state index in [1.54, 1.807) is 19.1 Å². The van der Waals surface area contributed by atoms with Gasteiger partial charge in [0.25, 0.3) is 5.91 Å². The number of hydrogen-bond acceptors (Lipinski definition) is 4. The van der Waals surface area contributed by atoms with E-state index in [4.69, 9.17) is 9.15 Å². The van der Waals surface area contributed by atoms with Crippen molar-refractivity contribution in [1.29, 1.82) is 0 Å². The number of fused-ring (bicyclic) bond motifs is 1. The molecule has 0 bridgehead atoms. The van der Waals surface area contributed by atoms with Gasteiger partial charge in [-0.25, -0.2) is 4.79 Å². The third-order valence-electron chi connectivity index (χ3n) is 4.38. The van der Waals surface area contributed by atoms with Crippen LogP contribution in [-0.2, 0) is 16.0 Å². The average molecular weight is 365 g/mol. The number of amides is 1. The molecule has 0 saturated carbocycles. The molecule has 140 valence electrons. The minimum absolute atomic E-state index is 0.0231. The van der Waals surface area contributed by atoms with Gasteiger partial charge in [0, 0.05) is 11.4 Å². The number of hydrogen-bond donors (Lipinski definition) is 1. The molecule has 27 heavy (non-hydrogen) atoms. The Kier molecular flexibility index (Phi) is 5.91. The molecule has 0 saturated heterocycles. The van der Waals surface area contributed by atoms with E-state index in [0.717, 1.165) is 18.2 Å². The number of carbonyl (C=O) groups is 2. The zero-order valence-corrected chi connectivity index (χ0v) is 15.5. The molecule has 0 aliphatic heterocycles. The molecule has 3 rings (SSSR count). The second-order valence-corrected chi connectivity index (χ2v) is 6.63. The molecule has 3 aromatic rings. The van der Waals surface area contributed by atoms with Gasteiger partial charge in [0.1, 0.15) is 5.58 Å². The van der Waals surface area contributed by atoms with Gasteiger partial charge < -0.3 is 14.5 Å². The van der Waals surface area contributed by atoms with Crippen molar-refractivity contribution in [3.63, 3.8) is 0 Å². The second kappa shape index (κ2) is 8.54. The number of esters is 1. The van der Waals surface area contributed by atoms with Gasteiger partial charge in [0.05, 0.1) is 0 Å². The lowest BCUT2D eigenvalue weighted by Gasteiger charge is -2.17. The summed E-state index contributed by atoms with van der Waals surface area (Å²) >= 11 is 0. The van der Waals surface area contributed by atoms with Gasteiger partial charge in [-0.1, -0.05) is 48.5 Å². The zero-order valence-electron chi connectivity index (χ0n) is 15.5. The normalized spacial score (nSPS) is 13.1. The summed E-state index contributed by atoms with van der Waals surface area (Å²) in [6.45, 7) is 3.49. The summed E-state index contributed by atoms with van der Waals surface area (Å²) in [6, 6.07) is 19.0. The van der Waals surface area contributed by atoms with E-state index in [1.807, 2.05) is 43.3 Å². The molecular weight excluding hydrogens is 342 g/mol.